The van der Waals surface area contributed by atoms with E-state index in [0.29, 0.717) is 42.7 Å². The summed E-state index contributed by atoms with van der Waals surface area (Å²) in [5, 5.41) is 13.4. The van der Waals surface area contributed by atoms with Gasteiger partial charge in [-0.3, -0.25) is 9.59 Å². The van der Waals surface area contributed by atoms with Crippen molar-refractivity contribution in [1.29, 1.82) is 5.26 Å². The number of hydrogen-bond donors (Lipinski definition) is 1. The second-order valence-electron chi connectivity index (χ2n) is 8.00. The van der Waals surface area contributed by atoms with Crippen molar-refractivity contribution in [2.45, 2.75) is 57.3 Å². The molecule has 1 aromatic carbocycles. The summed E-state index contributed by atoms with van der Waals surface area (Å²) >= 11 is 1.35. The van der Waals surface area contributed by atoms with Gasteiger partial charge in [0, 0.05) is 24.1 Å². The first-order valence-electron chi connectivity index (χ1n) is 11.1. The molecular weight excluding hydrogens is 440 g/mol. The number of nitriles is 1. The van der Waals surface area contributed by atoms with Crippen LogP contribution in [0.5, 0.6) is 0 Å². The van der Waals surface area contributed by atoms with E-state index in [1.54, 1.807) is 6.92 Å². The minimum Gasteiger partial charge on any atom is -0.469 e. The first-order valence-corrected chi connectivity index (χ1v) is 11.9. The Hall–Kier alpha value is -3.18. The third-order valence-electron chi connectivity index (χ3n) is 5.89. The minimum absolute atomic E-state index is 0.224. The number of ether oxygens (including phenoxy) is 2. The van der Waals surface area contributed by atoms with E-state index in [-0.39, 0.29) is 31.3 Å². The molecule has 1 heterocycles. The van der Waals surface area contributed by atoms with Crippen LogP contribution in [0.2, 0.25) is 0 Å². The van der Waals surface area contributed by atoms with Crippen molar-refractivity contribution in [3.05, 3.63) is 51.9 Å². The van der Waals surface area contributed by atoms with Gasteiger partial charge in [0.05, 0.1) is 30.8 Å². The lowest BCUT2D eigenvalue weighted by Gasteiger charge is -2.31. The number of amides is 1. The first kappa shape index (κ1) is 24.5. The van der Waals surface area contributed by atoms with Gasteiger partial charge in [-0.15, -0.1) is 11.3 Å². The molecular formula is C25H28N2O5S. The average Bonchev–Trinajstić information content (AvgIpc) is 3.18. The van der Waals surface area contributed by atoms with Gasteiger partial charge in [0.25, 0.3) is 0 Å². The number of esters is 2. The Kier molecular flexibility index (Phi) is 8.23. The fourth-order valence-electron chi connectivity index (χ4n) is 4.14. The molecule has 0 saturated heterocycles. The molecule has 174 valence electrons. The number of fused-ring (bicyclic) bond motifs is 1. The smallest absolute Gasteiger partial charge is 0.341 e. The Balaban J connectivity index is 1.82. The van der Waals surface area contributed by atoms with E-state index in [1.807, 2.05) is 30.3 Å². The summed E-state index contributed by atoms with van der Waals surface area (Å²) in [6, 6.07) is 12.2. The van der Waals surface area contributed by atoms with E-state index in [4.69, 9.17) is 4.74 Å². The third kappa shape index (κ3) is 5.60. The predicted molar refractivity (Wildman–Crippen MR) is 125 cm³/mol. The van der Waals surface area contributed by atoms with Crippen molar-refractivity contribution in [3.63, 3.8) is 0 Å². The fraction of sp³-hybridized carbons (Fsp3) is 0.440. The van der Waals surface area contributed by atoms with Gasteiger partial charge in [-0.05, 0) is 43.7 Å². The molecule has 33 heavy (non-hydrogen) atoms. The molecule has 8 heteroatoms. The number of nitrogens with one attached hydrogen (secondary N) is 1. The lowest BCUT2D eigenvalue weighted by atomic mass is 9.70. The molecule has 2 aromatic rings. The maximum absolute atomic E-state index is 12.8. The van der Waals surface area contributed by atoms with Crippen LogP contribution in [0.4, 0.5) is 5.00 Å². The van der Waals surface area contributed by atoms with Crippen molar-refractivity contribution in [1.82, 2.24) is 0 Å². The van der Waals surface area contributed by atoms with Crippen LogP contribution in [-0.2, 0) is 37.3 Å². The molecule has 0 saturated carbocycles. The van der Waals surface area contributed by atoms with Gasteiger partial charge in [-0.1, -0.05) is 30.3 Å². The molecule has 1 N–H and O–H groups in total. The summed E-state index contributed by atoms with van der Waals surface area (Å²) in [5.41, 5.74) is 1.56. The van der Waals surface area contributed by atoms with Gasteiger partial charge < -0.3 is 14.8 Å². The molecule has 1 amide bonds. The van der Waals surface area contributed by atoms with Gasteiger partial charge >= 0.3 is 11.9 Å². The first-order chi connectivity index (χ1) is 15.9. The molecule has 7 nitrogen and oxygen atoms in total. The Morgan fingerprint density at radius 3 is 2.58 bits per heavy atom. The highest BCUT2D eigenvalue weighted by atomic mass is 32.1. The standard InChI is InChI=1S/C25H28N2O5S/c1-3-32-24(30)22-18-13-14-25(16-26,17-9-5-4-6-10-17)15-19(18)33-23(22)27-20(28)11-7-8-12-21(29)31-2/h4-6,9-10H,3,7-8,11-15H2,1-2H3,(H,27,28)/t25-/m0/s1. The average molecular weight is 469 g/mol. The normalized spacial score (nSPS) is 16.9. The Labute approximate surface area is 197 Å². The number of methoxy groups -OCH3 is 1. The summed E-state index contributed by atoms with van der Waals surface area (Å²) in [6.07, 6.45) is 3.20. The number of nitrogens with zero attached hydrogens (tertiary/aromatic N) is 1. The SMILES string of the molecule is CCOC(=O)c1c(NC(=O)CCCCC(=O)OC)sc2c1CC[C@](C#N)(c1ccccc1)C2. The highest BCUT2D eigenvalue weighted by molar-refractivity contribution is 7.17. The maximum atomic E-state index is 12.8. The van der Waals surface area contributed by atoms with Crippen molar-refractivity contribution in [3.8, 4) is 6.07 Å². The Morgan fingerprint density at radius 1 is 1.18 bits per heavy atom. The van der Waals surface area contributed by atoms with Gasteiger partial charge in [0.2, 0.25) is 5.91 Å². The van der Waals surface area contributed by atoms with Crippen LogP contribution in [0, 0.1) is 11.3 Å². The molecule has 0 unspecified atom stereocenters. The van der Waals surface area contributed by atoms with Crippen LogP contribution in [0.3, 0.4) is 0 Å². The number of hydrogen-bond acceptors (Lipinski definition) is 7. The Morgan fingerprint density at radius 2 is 1.91 bits per heavy atom. The van der Waals surface area contributed by atoms with Crippen LogP contribution in [0.25, 0.3) is 0 Å². The molecule has 0 bridgehead atoms. The lowest BCUT2D eigenvalue weighted by molar-refractivity contribution is -0.140. The number of carbonyl (C=O) groups excluding carboxylic acids is 3. The zero-order valence-electron chi connectivity index (χ0n) is 18.9. The van der Waals surface area contributed by atoms with E-state index in [1.165, 1.54) is 18.4 Å². The van der Waals surface area contributed by atoms with Crippen LogP contribution >= 0.6 is 11.3 Å². The van der Waals surface area contributed by atoms with E-state index in [0.717, 1.165) is 16.0 Å². The van der Waals surface area contributed by atoms with Crippen molar-refractivity contribution in [2.75, 3.05) is 19.0 Å². The van der Waals surface area contributed by atoms with Gasteiger partial charge in [-0.2, -0.15) is 5.26 Å². The zero-order valence-corrected chi connectivity index (χ0v) is 19.8. The van der Waals surface area contributed by atoms with E-state index in [9.17, 15) is 19.6 Å². The fourth-order valence-corrected chi connectivity index (χ4v) is 5.50. The highest BCUT2D eigenvalue weighted by Crippen LogP contribution is 2.45. The zero-order chi connectivity index (χ0) is 23.8. The quantitative estimate of drug-likeness (QED) is 0.428. The number of unbranched alkanes of at least 4 members (excludes halogenated alkanes) is 1. The molecule has 3 rings (SSSR count). The van der Waals surface area contributed by atoms with Crippen LogP contribution in [0.15, 0.2) is 30.3 Å². The number of carbonyl (C=O) groups is 3. The van der Waals surface area contributed by atoms with E-state index < -0.39 is 11.4 Å². The molecule has 1 aliphatic rings. The summed E-state index contributed by atoms with van der Waals surface area (Å²) < 4.78 is 9.89. The number of benzene rings is 1. The number of rotatable bonds is 9. The largest absolute Gasteiger partial charge is 0.469 e. The molecule has 0 aliphatic heterocycles. The topological polar surface area (TPSA) is 105 Å². The minimum atomic E-state index is -0.666. The molecule has 0 radical (unpaired) electrons. The van der Waals surface area contributed by atoms with Crippen molar-refractivity contribution < 1.29 is 23.9 Å². The number of thiophene rings is 1. The summed E-state index contributed by atoms with van der Waals surface area (Å²) in [6.45, 7) is 1.98. The second kappa shape index (κ2) is 11.1. The summed E-state index contributed by atoms with van der Waals surface area (Å²) in [7, 11) is 1.34. The van der Waals surface area contributed by atoms with E-state index in [2.05, 4.69) is 16.1 Å². The van der Waals surface area contributed by atoms with Crippen LogP contribution < -0.4 is 5.32 Å². The molecule has 1 aliphatic carbocycles. The lowest BCUT2D eigenvalue weighted by Crippen LogP contribution is -2.31. The molecule has 0 spiro atoms. The second-order valence-corrected chi connectivity index (χ2v) is 9.10. The van der Waals surface area contributed by atoms with Gasteiger partial charge in [0.1, 0.15) is 5.00 Å². The van der Waals surface area contributed by atoms with Gasteiger partial charge in [-0.25, -0.2) is 4.79 Å². The number of anilines is 1. The Bertz CT molecular complexity index is 1060. The van der Waals surface area contributed by atoms with Gasteiger partial charge in [0.15, 0.2) is 0 Å². The third-order valence-corrected chi connectivity index (χ3v) is 7.04. The monoisotopic (exact) mass is 468 g/mol. The van der Waals surface area contributed by atoms with Crippen LogP contribution in [0.1, 0.15) is 65.4 Å². The molecule has 1 atom stereocenters. The predicted octanol–water partition coefficient (Wildman–Crippen LogP) is 4.55. The maximum Gasteiger partial charge on any atom is 0.341 e. The van der Waals surface area contributed by atoms with Crippen molar-refractivity contribution in [2.24, 2.45) is 0 Å². The van der Waals surface area contributed by atoms with Crippen molar-refractivity contribution >= 4 is 34.2 Å². The molecule has 0 fully saturated rings. The summed E-state index contributed by atoms with van der Waals surface area (Å²) in [4.78, 5) is 37.5. The van der Waals surface area contributed by atoms with Crippen LogP contribution in [-0.4, -0.2) is 31.6 Å². The summed E-state index contributed by atoms with van der Waals surface area (Å²) in [5.74, 6) is -0.982. The van der Waals surface area contributed by atoms with E-state index >= 15 is 0 Å². The molecule has 1 aromatic heterocycles. The highest BCUT2D eigenvalue weighted by Gasteiger charge is 2.40.